The third-order valence-corrected chi connectivity index (χ3v) is 7.55. The van der Waals surface area contributed by atoms with Gasteiger partial charge in [-0.15, -0.1) is 0 Å². The molecule has 0 radical (unpaired) electrons. The van der Waals surface area contributed by atoms with Crippen LogP contribution in [-0.2, 0) is 13.1 Å². The number of quaternary nitrogens is 1. The van der Waals surface area contributed by atoms with Crippen LogP contribution in [0.5, 0.6) is 0 Å². The van der Waals surface area contributed by atoms with Crippen LogP contribution >= 0.6 is 0 Å². The van der Waals surface area contributed by atoms with Crippen molar-refractivity contribution in [1.82, 2.24) is 5.43 Å². The first-order valence-electron chi connectivity index (χ1n) is 15.5. The number of aromatic nitrogens is 1. The maximum atomic E-state index is 4.55. The molecule has 1 aliphatic carbocycles. The number of pyridine rings is 1. The van der Waals surface area contributed by atoms with Gasteiger partial charge in [0.15, 0.2) is 18.9 Å². The second kappa shape index (κ2) is 16.5. The standard InChI is InChI=1S/C39H41N6/c1-3-32(29-41-43-38-10-6-4-7-11-38)22-25-40-28-33-14-18-36(19-15-33)37-20-16-35(17-21-37)31-45-26-23-34(24-27-45)30-42-44(2)39-12-8-5-9-13-39/h3,5-6,8-27,29-30,40,43H,4,7,28,31H2,1-2H3/q+1/p+1/b25-22-,32-3+,41-29+. The molecular weight excluding hydrogens is 552 g/mol. The van der Waals surface area contributed by atoms with Gasteiger partial charge in [0.2, 0.25) is 0 Å². The lowest BCUT2D eigenvalue weighted by molar-refractivity contribution is -0.688. The molecular formula is C39H42N6+2. The summed E-state index contributed by atoms with van der Waals surface area (Å²) in [7, 11) is 1.96. The Labute approximate surface area is 267 Å². The van der Waals surface area contributed by atoms with E-state index in [4.69, 9.17) is 0 Å². The molecule has 0 atom stereocenters. The van der Waals surface area contributed by atoms with Gasteiger partial charge in [-0.2, -0.15) is 10.2 Å². The number of nitrogens with zero attached hydrogens (tertiary/aromatic N) is 4. The van der Waals surface area contributed by atoms with E-state index in [1.54, 1.807) is 0 Å². The number of allylic oxidation sites excluding steroid dienone is 6. The van der Waals surface area contributed by atoms with Crippen molar-refractivity contribution in [3.05, 3.63) is 168 Å². The fourth-order valence-electron chi connectivity index (χ4n) is 4.85. The molecule has 6 nitrogen and oxygen atoms in total. The minimum Gasteiger partial charge on any atom is -0.316 e. The third kappa shape index (κ3) is 9.85. The van der Waals surface area contributed by atoms with Crippen LogP contribution in [0.15, 0.2) is 161 Å². The summed E-state index contributed by atoms with van der Waals surface area (Å²) in [6.07, 6.45) is 22.7. The quantitative estimate of drug-likeness (QED) is 0.0805. The molecule has 0 unspecified atom stereocenters. The van der Waals surface area contributed by atoms with Gasteiger partial charge in [-0.3, -0.25) is 10.4 Å². The minimum absolute atomic E-state index is 0.816. The van der Waals surface area contributed by atoms with Gasteiger partial charge >= 0.3 is 0 Å². The summed E-state index contributed by atoms with van der Waals surface area (Å²) in [4.78, 5) is 0. The molecule has 1 heterocycles. The fourth-order valence-corrected chi connectivity index (χ4v) is 4.85. The fraction of sp³-hybridized carbons (Fsp3) is 0.154. The zero-order chi connectivity index (χ0) is 31.1. The maximum Gasteiger partial charge on any atom is 0.173 e. The molecule has 3 aromatic carbocycles. The van der Waals surface area contributed by atoms with Crippen molar-refractivity contribution in [3.8, 4) is 11.1 Å². The highest BCUT2D eigenvalue weighted by Crippen LogP contribution is 2.20. The van der Waals surface area contributed by atoms with Crippen molar-refractivity contribution in [2.24, 2.45) is 10.2 Å². The summed E-state index contributed by atoms with van der Waals surface area (Å²) >= 11 is 0. The van der Waals surface area contributed by atoms with Gasteiger partial charge in [-0.25, -0.2) is 4.57 Å². The predicted octanol–water partition coefficient (Wildman–Crippen LogP) is 6.49. The van der Waals surface area contributed by atoms with E-state index in [1.807, 2.05) is 61.7 Å². The zero-order valence-electron chi connectivity index (χ0n) is 26.1. The van der Waals surface area contributed by atoms with Crippen molar-refractivity contribution in [1.29, 1.82) is 0 Å². The number of anilines is 1. The van der Waals surface area contributed by atoms with Crippen LogP contribution in [0.2, 0.25) is 0 Å². The molecule has 0 amide bonds. The van der Waals surface area contributed by atoms with Crippen molar-refractivity contribution < 1.29 is 9.88 Å². The van der Waals surface area contributed by atoms with E-state index in [-0.39, 0.29) is 0 Å². The Morgan fingerprint density at radius 1 is 0.889 bits per heavy atom. The van der Waals surface area contributed by atoms with E-state index >= 15 is 0 Å². The molecule has 6 heteroatoms. The number of rotatable bonds is 13. The summed E-state index contributed by atoms with van der Waals surface area (Å²) in [5.74, 6) is 0. The van der Waals surface area contributed by atoms with Crippen LogP contribution in [0, 0.1) is 0 Å². The highest BCUT2D eigenvalue weighted by molar-refractivity contribution is 5.82. The molecule has 4 aromatic rings. The summed E-state index contributed by atoms with van der Waals surface area (Å²) in [6, 6.07) is 32.0. The van der Waals surface area contributed by atoms with Crippen molar-refractivity contribution in [3.63, 3.8) is 0 Å². The van der Waals surface area contributed by atoms with Crippen LogP contribution < -0.4 is 20.3 Å². The molecule has 0 bridgehead atoms. The van der Waals surface area contributed by atoms with E-state index in [1.165, 1.54) is 22.3 Å². The number of hydrazone groups is 2. The van der Waals surface area contributed by atoms with E-state index in [0.717, 1.165) is 48.5 Å². The Hall–Kier alpha value is -5.33. The molecule has 5 rings (SSSR count). The van der Waals surface area contributed by atoms with E-state index in [2.05, 4.69) is 135 Å². The average Bonchev–Trinajstić information content (AvgIpc) is 3.10. The molecule has 1 aliphatic rings. The van der Waals surface area contributed by atoms with Crippen LogP contribution in [0.1, 0.15) is 36.5 Å². The van der Waals surface area contributed by atoms with E-state index in [9.17, 15) is 0 Å². The predicted molar refractivity (Wildman–Crippen MR) is 187 cm³/mol. The Balaban J connectivity index is 1.07. The van der Waals surface area contributed by atoms with E-state index < -0.39 is 0 Å². The van der Waals surface area contributed by atoms with Crippen LogP contribution in [0.4, 0.5) is 5.69 Å². The van der Waals surface area contributed by atoms with Crippen molar-refractivity contribution in [2.75, 3.05) is 12.1 Å². The molecule has 0 saturated carbocycles. The van der Waals surface area contributed by atoms with Crippen molar-refractivity contribution in [2.45, 2.75) is 32.9 Å². The van der Waals surface area contributed by atoms with Crippen molar-refractivity contribution >= 4 is 18.1 Å². The SMILES string of the molecule is C/C=C(\C=C/[NH2+]Cc1ccc(-c2ccc(C[n+]3ccc(/C=N/N(C)c4ccccc4)cc3)cc2)cc1)/C=N/NC1=CCCC=C1. The van der Waals surface area contributed by atoms with Crippen LogP contribution in [0.25, 0.3) is 11.1 Å². The molecule has 0 spiro atoms. The van der Waals surface area contributed by atoms with Gasteiger partial charge < -0.3 is 5.32 Å². The summed E-state index contributed by atoms with van der Waals surface area (Å²) in [5, 5.41) is 13.0. The van der Waals surface area contributed by atoms with E-state index in [0.29, 0.717) is 0 Å². The third-order valence-electron chi connectivity index (χ3n) is 7.55. The maximum absolute atomic E-state index is 4.55. The Kier molecular flexibility index (Phi) is 11.4. The first-order valence-corrected chi connectivity index (χ1v) is 15.5. The average molecular weight is 595 g/mol. The van der Waals surface area contributed by atoms with Gasteiger partial charge in [0.1, 0.15) is 6.54 Å². The lowest BCUT2D eigenvalue weighted by atomic mass is 10.0. The number of nitrogens with two attached hydrogens (primary N) is 1. The first-order chi connectivity index (χ1) is 22.2. The molecule has 0 saturated heterocycles. The Bertz CT molecular complexity index is 1680. The highest BCUT2D eigenvalue weighted by Gasteiger charge is 2.05. The number of hydrogen-bond acceptors (Lipinski definition) is 4. The smallest absolute Gasteiger partial charge is 0.173 e. The molecule has 0 aliphatic heterocycles. The molecule has 1 aromatic heterocycles. The van der Waals surface area contributed by atoms with Crippen LogP contribution in [-0.4, -0.2) is 19.5 Å². The topological polar surface area (TPSA) is 60.5 Å². The Morgan fingerprint density at radius 2 is 1.60 bits per heavy atom. The molecule has 226 valence electrons. The molecule has 45 heavy (non-hydrogen) atoms. The lowest BCUT2D eigenvalue weighted by Gasteiger charge is -2.11. The number of hydrogen-bond donors (Lipinski definition) is 2. The Morgan fingerprint density at radius 3 is 2.27 bits per heavy atom. The monoisotopic (exact) mass is 594 g/mol. The van der Waals surface area contributed by atoms with Gasteiger partial charge in [0.25, 0.3) is 0 Å². The first kappa shape index (κ1) is 31.1. The highest BCUT2D eigenvalue weighted by atomic mass is 15.4. The summed E-state index contributed by atoms with van der Waals surface area (Å²) < 4.78 is 2.18. The van der Waals surface area contributed by atoms with Gasteiger partial charge in [-0.05, 0) is 60.8 Å². The largest absolute Gasteiger partial charge is 0.316 e. The zero-order valence-corrected chi connectivity index (χ0v) is 26.1. The lowest BCUT2D eigenvalue weighted by Crippen LogP contribution is -2.76. The minimum atomic E-state index is 0.816. The van der Waals surface area contributed by atoms with Crippen LogP contribution in [0.3, 0.4) is 0 Å². The molecule has 0 fully saturated rings. The number of benzene rings is 3. The normalized spacial score (nSPS) is 13.6. The second-order valence-electron chi connectivity index (χ2n) is 10.9. The van der Waals surface area contributed by atoms with Gasteiger partial charge in [0.05, 0.1) is 30.0 Å². The second-order valence-corrected chi connectivity index (χ2v) is 10.9. The van der Waals surface area contributed by atoms with Gasteiger partial charge in [-0.1, -0.05) is 85.0 Å². The molecule has 3 N–H and O–H groups in total. The summed E-state index contributed by atoms with van der Waals surface area (Å²) in [5.41, 5.74) is 12.3. The van der Waals surface area contributed by atoms with Gasteiger partial charge in [0, 0.05) is 35.9 Å². The number of nitrogens with one attached hydrogen (secondary N) is 1. The summed E-state index contributed by atoms with van der Waals surface area (Å²) in [6.45, 7) is 3.72. The number of para-hydroxylation sites is 1.